The summed E-state index contributed by atoms with van der Waals surface area (Å²) in [5, 5.41) is 0. The van der Waals surface area contributed by atoms with Crippen molar-refractivity contribution in [3.05, 3.63) is 12.3 Å². The van der Waals surface area contributed by atoms with E-state index in [1.165, 1.54) is 0 Å². The molecule has 0 aliphatic carbocycles. The molecule has 0 aromatic rings. The van der Waals surface area contributed by atoms with Crippen LogP contribution in [0.2, 0.25) is 0 Å². The van der Waals surface area contributed by atoms with Crippen molar-refractivity contribution in [1.29, 1.82) is 0 Å². The summed E-state index contributed by atoms with van der Waals surface area (Å²) in [6, 6.07) is 0. The minimum absolute atomic E-state index is 1.09. The van der Waals surface area contributed by atoms with E-state index in [9.17, 15) is 0 Å². The molecule has 0 radical (unpaired) electrons. The Morgan fingerprint density at radius 3 is 1.38 bits per heavy atom. The van der Waals surface area contributed by atoms with E-state index in [1.54, 1.807) is 0 Å². The minimum Gasteiger partial charge on any atom is -0.382 e. The normalized spacial score (nSPS) is 6.62. The molecule has 0 saturated heterocycles. The summed E-state index contributed by atoms with van der Waals surface area (Å²) >= 11 is 0. The largest absolute Gasteiger partial charge is 0.382 e. The zero-order valence-electron chi connectivity index (χ0n) is 6.65. The predicted octanol–water partition coefficient (Wildman–Crippen LogP) is 2.11. The lowest BCUT2D eigenvalue weighted by atomic mass is 10.5. The second-order valence-corrected chi connectivity index (χ2v) is 1.63. The lowest BCUT2D eigenvalue weighted by Gasteiger charge is -2.08. The Balaban J connectivity index is 0. The van der Waals surface area contributed by atoms with Crippen molar-refractivity contribution >= 4 is 0 Å². The van der Waals surface area contributed by atoms with Crippen molar-refractivity contribution in [2.24, 2.45) is 0 Å². The molecule has 0 atom stereocenters. The van der Waals surface area contributed by atoms with Crippen LogP contribution in [0.1, 0.15) is 20.8 Å². The third-order valence-corrected chi connectivity index (χ3v) is 0.763. The summed E-state index contributed by atoms with van der Waals surface area (Å²) in [4.78, 5) is 1.97. The summed E-state index contributed by atoms with van der Waals surface area (Å²) in [6.07, 6.45) is 0. The molecule has 0 aliphatic rings. The first-order chi connectivity index (χ1) is 3.64. The average Bonchev–Trinajstić information content (AvgIpc) is 1.72. The molecule has 0 aromatic heterocycles. The van der Waals surface area contributed by atoms with Crippen LogP contribution < -0.4 is 0 Å². The van der Waals surface area contributed by atoms with Crippen molar-refractivity contribution < 1.29 is 0 Å². The van der Waals surface area contributed by atoms with Crippen LogP contribution in [-0.2, 0) is 0 Å². The van der Waals surface area contributed by atoms with E-state index in [1.807, 2.05) is 39.8 Å². The molecule has 8 heavy (non-hydrogen) atoms. The number of hydrogen-bond acceptors (Lipinski definition) is 1. The van der Waals surface area contributed by atoms with Gasteiger partial charge in [-0.15, -0.1) is 0 Å². The van der Waals surface area contributed by atoms with Gasteiger partial charge in [0.25, 0.3) is 0 Å². The number of allylic oxidation sites excluding steroid dienone is 1. The summed E-state index contributed by atoms with van der Waals surface area (Å²) in [5.74, 6) is 0. The van der Waals surface area contributed by atoms with Gasteiger partial charge in [0.1, 0.15) is 0 Å². The third-order valence-electron chi connectivity index (χ3n) is 0.763. The fourth-order valence-electron chi connectivity index (χ4n) is 0. The van der Waals surface area contributed by atoms with E-state index in [2.05, 4.69) is 6.58 Å². The Morgan fingerprint density at radius 2 is 1.38 bits per heavy atom. The van der Waals surface area contributed by atoms with Gasteiger partial charge in [-0.25, -0.2) is 0 Å². The average molecular weight is 115 g/mol. The zero-order valence-corrected chi connectivity index (χ0v) is 6.65. The monoisotopic (exact) mass is 115 g/mol. The molecule has 1 nitrogen and oxygen atoms in total. The molecule has 0 aromatic carbocycles. The molecule has 0 spiro atoms. The number of hydrogen-bond donors (Lipinski definition) is 0. The van der Waals surface area contributed by atoms with Crippen molar-refractivity contribution in [3.63, 3.8) is 0 Å². The van der Waals surface area contributed by atoms with Gasteiger partial charge in [-0.05, 0) is 6.92 Å². The number of rotatable bonds is 1. The van der Waals surface area contributed by atoms with Crippen molar-refractivity contribution in [2.45, 2.75) is 20.8 Å². The molecule has 50 valence electrons. The van der Waals surface area contributed by atoms with Crippen molar-refractivity contribution in [3.8, 4) is 0 Å². The van der Waals surface area contributed by atoms with E-state index >= 15 is 0 Å². The fourth-order valence-corrected chi connectivity index (χ4v) is 0. The van der Waals surface area contributed by atoms with Gasteiger partial charge in [0.15, 0.2) is 0 Å². The highest BCUT2D eigenvalue weighted by atomic mass is 15.1. The molecule has 0 saturated carbocycles. The van der Waals surface area contributed by atoms with Gasteiger partial charge in [0.05, 0.1) is 0 Å². The maximum absolute atomic E-state index is 3.68. The summed E-state index contributed by atoms with van der Waals surface area (Å²) < 4.78 is 0. The first kappa shape index (κ1) is 10.5. The quantitative estimate of drug-likeness (QED) is 0.506. The Bertz CT molecular complexity index is 55.4. The van der Waals surface area contributed by atoms with Crippen LogP contribution in [0.25, 0.3) is 0 Å². The number of nitrogens with zero attached hydrogens (tertiary/aromatic N) is 1. The van der Waals surface area contributed by atoms with Gasteiger partial charge in [0, 0.05) is 19.8 Å². The van der Waals surface area contributed by atoms with E-state index in [4.69, 9.17) is 0 Å². The lowest BCUT2D eigenvalue weighted by molar-refractivity contribution is 0.516. The SMILES string of the molecule is C=C(C)N(C)C.CC. The Hall–Kier alpha value is -0.460. The maximum Gasteiger partial charge on any atom is 0.00578 e. The van der Waals surface area contributed by atoms with E-state index in [0.717, 1.165) is 5.70 Å². The fraction of sp³-hybridized carbons (Fsp3) is 0.714. The molecule has 0 heterocycles. The van der Waals surface area contributed by atoms with Crippen LogP contribution in [0.4, 0.5) is 0 Å². The Kier molecular flexibility index (Phi) is 8.59. The van der Waals surface area contributed by atoms with Crippen LogP contribution in [0, 0.1) is 0 Å². The zero-order chi connectivity index (χ0) is 7.15. The second-order valence-electron chi connectivity index (χ2n) is 1.63. The van der Waals surface area contributed by atoms with Crippen LogP contribution in [0.5, 0.6) is 0 Å². The van der Waals surface area contributed by atoms with Gasteiger partial charge in [-0.1, -0.05) is 20.4 Å². The van der Waals surface area contributed by atoms with Crippen LogP contribution in [0.3, 0.4) is 0 Å². The van der Waals surface area contributed by atoms with Gasteiger partial charge >= 0.3 is 0 Å². The highest BCUT2D eigenvalue weighted by molar-refractivity contribution is 4.82. The second kappa shape index (κ2) is 6.54. The van der Waals surface area contributed by atoms with Crippen molar-refractivity contribution in [1.82, 2.24) is 4.90 Å². The molecule has 0 rings (SSSR count). The topological polar surface area (TPSA) is 3.24 Å². The van der Waals surface area contributed by atoms with Crippen LogP contribution in [0.15, 0.2) is 12.3 Å². The van der Waals surface area contributed by atoms with Gasteiger partial charge in [-0.3, -0.25) is 0 Å². The minimum atomic E-state index is 1.09. The maximum atomic E-state index is 3.68. The third kappa shape index (κ3) is 9.11. The Morgan fingerprint density at radius 1 is 1.25 bits per heavy atom. The predicted molar refractivity (Wildman–Crippen MR) is 39.8 cm³/mol. The Labute approximate surface area is 53.0 Å². The molecule has 0 bridgehead atoms. The van der Waals surface area contributed by atoms with Crippen molar-refractivity contribution in [2.75, 3.05) is 14.1 Å². The molecule has 0 unspecified atom stereocenters. The molecule has 1 heteroatoms. The summed E-state index contributed by atoms with van der Waals surface area (Å²) in [6.45, 7) is 9.65. The smallest absolute Gasteiger partial charge is 0.00578 e. The van der Waals surface area contributed by atoms with E-state index in [0.29, 0.717) is 0 Å². The highest BCUT2D eigenvalue weighted by Crippen LogP contribution is 1.86. The van der Waals surface area contributed by atoms with Gasteiger partial charge in [0.2, 0.25) is 0 Å². The molecular weight excluding hydrogens is 98.1 g/mol. The van der Waals surface area contributed by atoms with Crippen LogP contribution >= 0.6 is 0 Å². The van der Waals surface area contributed by atoms with Gasteiger partial charge in [-0.2, -0.15) is 0 Å². The first-order valence-electron chi connectivity index (χ1n) is 2.97. The lowest BCUT2D eigenvalue weighted by Crippen LogP contribution is -2.05. The molecule has 0 fully saturated rings. The standard InChI is InChI=1S/C5H11N.C2H6/c1-5(2)6(3)4;1-2/h1H2,2-4H3;1-2H3. The summed E-state index contributed by atoms with van der Waals surface area (Å²) in [5.41, 5.74) is 1.09. The van der Waals surface area contributed by atoms with E-state index in [-0.39, 0.29) is 0 Å². The highest BCUT2D eigenvalue weighted by Gasteiger charge is 1.79. The van der Waals surface area contributed by atoms with Gasteiger partial charge < -0.3 is 4.90 Å². The first-order valence-corrected chi connectivity index (χ1v) is 2.97. The molecule has 0 amide bonds. The molecular formula is C7H17N. The van der Waals surface area contributed by atoms with Crippen LogP contribution in [-0.4, -0.2) is 19.0 Å². The molecule has 0 N–H and O–H groups in total. The van der Waals surface area contributed by atoms with E-state index < -0.39 is 0 Å². The summed E-state index contributed by atoms with van der Waals surface area (Å²) in [7, 11) is 3.95. The molecule has 0 aliphatic heterocycles.